The Kier molecular flexibility index (Phi) is 3.87. The maximum atomic E-state index is 13.8. The highest BCUT2D eigenvalue weighted by Crippen LogP contribution is 2.06. The van der Waals surface area contributed by atoms with Crippen LogP contribution < -0.4 is 16.6 Å². The predicted molar refractivity (Wildman–Crippen MR) is 71.3 cm³/mol. The number of aromatic nitrogens is 2. The molecular formula is C12H12BFN2O4. The second-order valence-corrected chi connectivity index (χ2v) is 4.37. The maximum absolute atomic E-state index is 13.8. The fourth-order valence-corrected chi connectivity index (χ4v) is 1.75. The third-order valence-corrected chi connectivity index (χ3v) is 2.95. The van der Waals surface area contributed by atoms with Crippen LogP contribution in [0.3, 0.4) is 0 Å². The minimum atomic E-state index is -1.76. The minimum Gasteiger partial charge on any atom is -0.423 e. The van der Waals surface area contributed by atoms with Crippen molar-refractivity contribution in [3.8, 4) is 0 Å². The van der Waals surface area contributed by atoms with Crippen LogP contribution >= 0.6 is 0 Å². The van der Waals surface area contributed by atoms with Crippen molar-refractivity contribution in [3.05, 3.63) is 62.7 Å². The molecule has 20 heavy (non-hydrogen) atoms. The van der Waals surface area contributed by atoms with Crippen LogP contribution in [0.15, 0.2) is 40.2 Å². The zero-order chi connectivity index (χ0) is 14.9. The minimum absolute atomic E-state index is 0.0163. The highest BCUT2D eigenvalue weighted by molar-refractivity contribution is 6.58. The van der Waals surface area contributed by atoms with Gasteiger partial charge in [-0.3, -0.25) is 9.59 Å². The average Bonchev–Trinajstić information content (AvgIpc) is 2.41. The normalized spacial score (nSPS) is 10.6. The fourth-order valence-electron chi connectivity index (χ4n) is 1.75. The Labute approximate surface area is 113 Å². The van der Waals surface area contributed by atoms with Crippen LogP contribution in [0.4, 0.5) is 4.39 Å². The van der Waals surface area contributed by atoms with Crippen LogP contribution in [0.25, 0.3) is 0 Å². The van der Waals surface area contributed by atoms with Gasteiger partial charge in [0.25, 0.3) is 0 Å². The van der Waals surface area contributed by atoms with E-state index in [0.717, 1.165) is 15.2 Å². The summed E-state index contributed by atoms with van der Waals surface area (Å²) in [6, 6.07) is 3.66. The number of nitrogens with zero attached hydrogens (tertiary/aromatic N) is 2. The lowest BCUT2D eigenvalue weighted by Gasteiger charge is -2.08. The van der Waals surface area contributed by atoms with E-state index in [4.69, 9.17) is 10.0 Å². The number of halogens is 1. The first kappa shape index (κ1) is 14.2. The van der Waals surface area contributed by atoms with Gasteiger partial charge < -0.3 is 19.2 Å². The van der Waals surface area contributed by atoms with Gasteiger partial charge in [0.05, 0.1) is 6.54 Å². The van der Waals surface area contributed by atoms with Gasteiger partial charge in [-0.25, -0.2) is 4.39 Å². The Morgan fingerprint density at radius 3 is 2.50 bits per heavy atom. The lowest BCUT2D eigenvalue weighted by Crippen LogP contribution is -2.39. The highest BCUT2D eigenvalue weighted by atomic mass is 19.1. The number of aryl methyl sites for hydroxylation is 1. The van der Waals surface area contributed by atoms with Crippen LogP contribution in [-0.2, 0) is 13.6 Å². The molecule has 1 aromatic carbocycles. The SMILES string of the molecule is Cn1ccn(Cc2ccc(B(O)O)cc2F)c(=O)c1=O. The summed E-state index contributed by atoms with van der Waals surface area (Å²) in [5.41, 5.74) is -1.26. The van der Waals surface area contributed by atoms with Crippen molar-refractivity contribution in [1.82, 2.24) is 9.13 Å². The first-order valence-electron chi connectivity index (χ1n) is 5.80. The lowest BCUT2D eigenvalue weighted by atomic mass is 9.80. The average molecular weight is 278 g/mol. The van der Waals surface area contributed by atoms with E-state index < -0.39 is 24.1 Å². The Morgan fingerprint density at radius 2 is 1.90 bits per heavy atom. The molecule has 0 unspecified atom stereocenters. The van der Waals surface area contributed by atoms with Crippen molar-refractivity contribution in [2.45, 2.75) is 6.54 Å². The summed E-state index contributed by atoms with van der Waals surface area (Å²) in [5, 5.41) is 17.9. The topological polar surface area (TPSA) is 84.5 Å². The van der Waals surface area contributed by atoms with Crippen molar-refractivity contribution in [2.75, 3.05) is 0 Å². The summed E-state index contributed by atoms with van der Waals surface area (Å²) >= 11 is 0. The molecule has 0 fully saturated rings. The van der Waals surface area contributed by atoms with E-state index in [2.05, 4.69) is 0 Å². The summed E-state index contributed by atoms with van der Waals surface area (Å²) in [6.45, 7) is -0.109. The third kappa shape index (κ3) is 2.71. The molecule has 0 radical (unpaired) electrons. The molecule has 0 saturated heterocycles. The van der Waals surface area contributed by atoms with Crippen LogP contribution in [0.2, 0.25) is 0 Å². The van der Waals surface area contributed by atoms with Gasteiger partial charge in [0, 0.05) is 25.0 Å². The van der Waals surface area contributed by atoms with Crippen molar-refractivity contribution >= 4 is 12.6 Å². The van der Waals surface area contributed by atoms with Gasteiger partial charge in [0.1, 0.15) is 5.82 Å². The first-order valence-corrected chi connectivity index (χ1v) is 5.80. The molecule has 104 valence electrons. The van der Waals surface area contributed by atoms with Gasteiger partial charge in [-0.2, -0.15) is 0 Å². The molecule has 0 amide bonds. The second kappa shape index (κ2) is 5.44. The molecule has 8 heteroatoms. The largest absolute Gasteiger partial charge is 0.488 e. The molecule has 0 spiro atoms. The van der Waals surface area contributed by atoms with Gasteiger partial charge in [-0.05, 0) is 11.5 Å². The van der Waals surface area contributed by atoms with Crippen LogP contribution in [0.1, 0.15) is 5.56 Å². The standard InChI is InChI=1S/C12H12BFN2O4/c1-15-4-5-16(12(18)11(15)17)7-8-2-3-9(13(19)20)6-10(8)14/h2-6,19-20H,7H2,1H3. The quantitative estimate of drug-likeness (QED) is 0.524. The number of hydrogen-bond acceptors (Lipinski definition) is 4. The van der Waals surface area contributed by atoms with E-state index >= 15 is 0 Å². The fraction of sp³-hybridized carbons (Fsp3) is 0.167. The first-order chi connectivity index (χ1) is 9.40. The van der Waals surface area contributed by atoms with Crippen molar-refractivity contribution < 1.29 is 14.4 Å². The molecule has 6 nitrogen and oxygen atoms in total. The third-order valence-electron chi connectivity index (χ3n) is 2.95. The Hall–Kier alpha value is -2.19. The molecule has 0 aliphatic heterocycles. The van der Waals surface area contributed by atoms with Gasteiger partial charge in [0.2, 0.25) is 0 Å². The van der Waals surface area contributed by atoms with Gasteiger partial charge in [-0.1, -0.05) is 12.1 Å². The van der Waals surface area contributed by atoms with E-state index in [9.17, 15) is 14.0 Å². The molecule has 1 heterocycles. The van der Waals surface area contributed by atoms with Crippen LogP contribution in [-0.4, -0.2) is 26.3 Å². The summed E-state index contributed by atoms with van der Waals surface area (Å²) in [4.78, 5) is 23.2. The molecule has 2 rings (SSSR count). The van der Waals surface area contributed by atoms with Crippen molar-refractivity contribution in [1.29, 1.82) is 0 Å². The Balaban J connectivity index is 2.39. The van der Waals surface area contributed by atoms with Crippen molar-refractivity contribution in [2.24, 2.45) is 7.05 Å². The summed E-state index contributed by atoms with van der Waals surface area (Å²) in [6.07, 6.45) is 2.80. The molecule has 1 aromatic heterocycles. The van der Waals surface area contributed by atoms with E-state index in [1.54, 1.807) is 0 Å². The Morgan fingerprint density at radius 1 is 1.20 bits per heavy atom. The summed E-state index contributed by atoms with van der Waals surface area (Å²) in [5.74, 6) is -0.678. The molecule has 2 N–H and O–H groups in total. The van der Waals surface area contributed by atoms with E-state index in [1.165, 1.54) is 31.6 Å². The Bertz CT molecular complexity index is 754. The smallest absolute Gasteiger partial charge is 0.423 e. The molecular weight excluding hydrogens is 266 g/mol. The van der Waals surface area contributed by atoms with E-state index in [0.29, 0.717) is 0 Å². The molecule has 0 atom stereocenters. The number of hydrogen-bond donors (Lipinski definition) is 2. The van der Waals surface area contributed by atoms with Crippen LogP contribution in [0.5, 0.6) is 0 Å². The molecule has 0 saturated carbocycles. The zero-order valence-electron chi connectivity index (χ0n) is 10.7. The monoisotopic (exact) mass is 278 g/mol. The summed E-state index contributed by atoms with van der Waals surface area (Å²) < 4.78 is 16.0. The highest BCUT2D eigenvalue weighted by Gasteiger charge is 2.14. The van der Waals surface area contributed by atoms with Crippen LogP contribution in [0, 0.1) is 5.82 Å². The van der Waals surface area contributed by atoms with E-state index in [1.807, 2.05) is 0 Å². The predicted octanol–water partition coefficient (Wildman–Crippen LogP) is -1.59. The molecule has 0 bridgehead atoms. The van der Waals surface area contributed by atoms with Gasteiger partial charge in [-0.15, -0.1) is 0 Å². The maximum Gasteiger partial charge on any atom is 0.488 e. The number of benzene rings is 1. The second-order valence-electron chi connectivity index (χ2n) is 4.37. The molecule has 0 aliphatic carbocycles. The molecule has 2 aromatic rings. The lowest BCUT2D eigenvalue weighted by molar-refractivity contribution is 0.425. The number of rotatable bonds is 3. The van der Waals surface area contributed by atoms with Crippen molar-refractivity contribution in [3.63, 3.8) is 0 Å². The molecule has 0 aliphatic rings. The van der Waals surface area contributed by atoms with Gasteiger partial charge in [0.15, 0.2) is 0 Å². The van der Waals surface area contributed by atoms with E-state index in [-0.39, 0.29) is 17.6 Å². The zero-order valence-corrected chi connectivity index (χ0v) is 10.7. The summed E-state index contributed by atoms with van der Waals surface area (Å²) in [7, 11) is -0.309. The van der Waals surface area contributed by atoms with Gasteiger partial charge >= 0.3 is 18.2 Å².